The Hall–Kier alpha value is -10.0. The van der Waals surface area contributed by atoms with E-state index >= 15 is 0 Å². The third kappa shape index (κ3) is 8.69. The first-order valence-electron chi connectivity index (χ1n) is 22.8. The molecule has 0 bridgehead atoms. The van der Waals surface area contributed by atoms with Crippen LogP contribution in [-0.4, -0.2) is 58.4 Å². The summed E-state index contributed by atoms with van der Waals surface area (Å²) < 4.78 is 14.2. The fourth-order valence-corrected chi connectivity index (χ4v) is 8.50. The molecule has 0 radical (unpaired) electrons. The monoisotopic (exact) mass is 946 g/mol. The molecular weight excluding hydrogens is 905 g/mol. The first kappa shape index (κ1) is 44.5. The zero-order valence-electron chi connectivity index (χ0n) is 39.1. The minimum absolute atomic E-state index is 0.0320. The number of benzene rings is 7. The van der Waals surface area contributed by atoms with Gasteiger partial charge >= 0.3 is 11.3 Å². The lowest BCUT2D eigenvalue weighted by molar-refractivity contribution is 0.551. The van der Waals surface area contributed by atoms with Crippen molar-refractivity contribution >= 4 is 60.3 Å². The van der Waals surface area contributed by atoms with Crippen LogP contribution in [0.3, 0.4) is 0 Å². The van der Waals surface area contributed by atoms with E-state index in [2.05, 4.69) is 38.6 Å². The van der Waals surface area contributed by atoms with Gasteiger partial charge in [0.25, 0.3) is 5.56 Å². The first-order chi connectivity index (χ1) is 35.1. The Balaban J connectivity index is 0.000000120. The van der Waals surface area contributed by atoms with Gasteiger partial charge in [0.05, 0.1) is 34.8 Å². The molecule has 6 heterocycles. The van der Waals surface area contributed by atoms with Crippen molar-refractivity contribution in [3.05, 3.63) is 232 Å². The summed E-state index contributed by atoms with van der Waals surface area (Å²) in [7, 11) is 5.83. The normalized spacial score (nSPS) is 11.2. The van der Waals surface area contributed by atoms with Crippen molar-refractivity contribution in [2.75, 3.05) is 19.0 Å². The highest BCUT2D eigenvalue weighted by atomic mass is 16.4. The summed E-state index contributed by atoms with van der Waals surface area (Å²) in [5, 5.41) is 26.3. The molecule has 72 heavy (non-hydrogen) atoms. The lowest BCUT2D eigenvalue weighted by atomic mass is 10.0. The number of pyridine rings is 1. The molecule has 13 rings (SSSR count). The Morgan fingerprint density at radius 3 is 1.81 bits per heavy atom. The second-order valence-electron chi connectivity index (χ2n) is 17.0. The number of fused-ring (bicyclic) bond motifs is 6. The molecule has 7 aromatic carbocycles. The van der Waals surface area contributed by atoms with E-state index < -0.39 is 5.63 Å². The van der Waals surface area contributed by atoms with Crippen LogP contribution in [0, 0.1) is 0 Å². The van der Waals surface area contributed by atoms with Crippen molar-refractivity contribution in [2.24, 2.45) is 7.05 Å². The topological polar surface area (TPSA) is 165 Å². The van der Waals surface area contributed by atoms with E-state index in [4.69, 9.17) is 13.9 Å². The Morgan fingerprint density at radius 1 is 0.500 bits per heavy atom. The smallest absolute Gasteiger partial charge is 0.362 e. The van der Waals surface area contributed by atoms with Gasteiger partial charge in [0.2, 0.25) is 0 Å². The number of aromatic nitrogens is 9. The SMILES string of the molecule is CN(C)c1ccc2cc(-c3ccccc3)c(=O)n(C)c2c1.O=c1oc2cc(-n3nc4ccc5ccccc5c4n3)ccc2cc1-c1ccccc1.O=c1oc2cc(-n3nccn3)ccc2cc1-n1cccn1. The van der Waals surface area contributed by atoms with E-state index in [9.17, 15) is 14.4 Å². The van der Waals surface area contributed by atoms with Gasteiger partial charge in [0.15, 0.2) is 5.69 Å². The van der Waals surface area contributed by atoms with Crippen LogP contribution in [-0.2, 0) is 7.05 Å². The van der Waals surface area contributed by atoms with Gasteiger partial charge in [0.1, 0.15) is 22.2 Å². The van der Waals surface area contributed by atoms with E-state index in [-0.39, 0.29) is 11.2 Å². The molecule has 0 N–H and O–H groups in total. The fraction of sp³-hybridized carbons (Fsp3) is 0.0526. The Kier molecular flexibility index (Phi) is 11.6. The second-order valence-corrected chi connectivity index (χ2v) is 17.0. The molecule has 350 valence electrons. The van der Waals surface area contributed by atoms with Gasteiger partial charge in [-0.1, -0.05) is 97.1 Å². The van der Waals surface area contributed by atoms with Crippen LogP contribution in [0.25, 0.3) is 94.0 Å². The molecule has 0 saturated carbocycles. The molecule has 0 unspecified atom stereocenters. The van der Waals surface area contributed by atoms with Gasteiger partial charge in [-0.2, -0.15) is 24.9 Å². The molecule has 0 fully saturated rings. The van der Waals surface area contributed by atoms with Gasteiger partial charge in [-0.05, 0) is 88.6 Å². The van der Waals surface area contributed by atoms with Crippen LogP contribution in [0.2, 0.25) is 0 Å². The minimum atomic E-state index is -0.447. The largest absolute Gasteiger partial charge is 0.422 e. The molecular formula is C57H42N10O5. The van der Waals surface area contributed by atoms with Crippen molar-refractivity contribution in [3.63, 3.8) is 0 Å². The van der Waals surface area contributed by atoms with Gasteiger partial charge in [-0.3, -0.25) is 4.79 Å². The third-order valence-corrected chi connectivity index (χ3v) is 12.2. The van der Waals surface area contributed by atoms with Crippen LogP contribution >= 0.6 is 0 Å². The molecule has 13 aromatic rings. The van der Waals surface area contributed by atoms with E-state index in [1.54, 1.807) is 58.4 Å². The van der Waals surface area contributed by atoms with Crippen molar-refractivity contribution in [1.82, 2.24) is 44.3 Å². The summed E-state index contributed by atoms with van der Waals surface area (Å²) in [4.78, 5) is 42.3. The molecule has 0 amide bonds. The summed E-state index contributed by atoms with van der Waals surface area (Å²) in [6.07, 6.45) is 6.47. The van der Waals surface area contributed by atoms with Crippen LogP contribution in [0.5, 0.6) is 0 Å². The average Bonchev–Trinajstić information content (AvgIpc) is 4.24. The van der Waals surface area contributed by atoms with Gasteiger partial charge in [-0.15, -0.1) is 10.2 Å². The predicted molar refractivity (Wildman–Crippen MR) is 281 cm³/mol. The molecule has 0 aliphatic heterocycles. The minimum Gasteiger partial charge on any atom is -0.422 e. The second kappa shape index (κ2) is 18.8. The summed E-state index contributed by atoms with van der Waals surface area (Å²) in [5.41, 5.74) is 8.80. The van der Waals surface area contributed by atoms with Crippen molar-refractivity contribution in [2.45, 2.75) is 0 Å². The van der Waals surface area contributed by atoms with Crippen molar-refractivity contribution < 1.29 is 8.83 Å². The molecule has 6 aromatic heterocycles. The summed E-state index contributed by atoms with van der Waals surface area (Å²) in [5.74, 6) is 0. The van der Waals surface area contributed by atoms with Gasteiger partial charge in [0, 0.05) is 73.1 Å². The number of nitrogens with zero attached hydrogens (tertiary/aromatic N) is 10. The van der Waals surface area contributed by atoms with Gasteiger partial charge < -0.3 is 18.3 Å². The number of hydrogen-bond donors (Lipinski definition) is 0. The van der Waals surface area contributed by atoms with E-state index in [0.717, 1.165) is 77.2 Å². The summed E-state index contributed by atoms with van der Waals surface area (Å²) in [6, 6.07) is 56.0. The standard InChI is InChI=1S/C25H15N3O2.C18H18N2O.C14H9N5O2/c29-25-21(16-6-2-1-3-7-16)14-18-10-12-19(15-23(18)30-25)28-26-22-13-11-17-8-4-5-9-20(17)24(22)27-28;1-19(2)15-10-9-14-11-16(13-7-5-4-6-8-13)18(21)20(3)17(14)12-15;20-14-12(18-7-1-4-15-18)8-10-2-3-11(9-13(10)21-14)19-16-5-6-17-19/h1-15H;4-12H,1-3H3;1-9H. The third-order valence-electron chi connectivity index (χ3n) is 12.2. The Bertz CT molecular complexity index is 4280. The van der Waals surface area contributed by atoms with Crippen molar-refractivity contribution in [3.8, 4) is 39.3 Å². The first-order valence-corrected chi connectivity index (χ1v) is 22.8. The van der Waals surface area contributed by atoms with Crippen molar-refractivity contribution in [1.29, 1.82) is 0 Å². The molecule has 15 nitrogen and oxygen atoms in total. The molecule has 0 atom stereocenters. The molecule has 0 saturated heterocycles. The maximum absolute atomic E-state index is 12.6. The zero-order valence-corrected chi connectivity index (χ0v) is 39.1. The molecule has 15 heteroatoms. The lowest BCUT2D eigenvalue weighted by Gasteiger charge is -2.15. The Morgan fingerprint density at radius 2 is 1.11 bits per heavy atom. The van der Waals surface area contributed by atoms with Crippen LogP contribution < -0.4 is 21.7 Å². The number of anilines is 1. The predicted octanol–water partition coefficient (Wildman–Crippen LogP) is 10.2. The van der Waals surface area contributed by atoms with Crippen LogP contribution in [0.15, 0.2) is 224 Å². The lowest BCUT2D eigenvalue weighted by Crippen LogP contribution is -2.19. The highest BCUT2D eigenvalue weighted by Gasteiger charge is 2.14. The van der Waals surface area contributed by atoms with Gasteiger partial charge in [-0.25, -0.2) is 14.3 Å². The summed E-state index contributed by atoms with van der Waals surface area (Å²) >= 11 is 0. The summed E-state index contributed by atoms with van der Waals surface area (Å²) in [6.45, 7) is 0. The van der Waals surface area contributed by atoms with E-state index in [1.807, 2.05) is 160 Å². The van der Waals surface area contributed by atoms with E-state index in [1.165, 1.54) is 9.48 Å². The Labute approximate surface area is 409 Å². The maximum Gasteiger partial charge on any atom is 0.362 e. The molecule has 0 spiro atoms. The quantitative estimate of drug-likeness (QED) is 0.146. The maximum atomic E-state index is 12.6. The fourth-order valence-electron chi connectivity index (χ4n) is 8.50. The highest BCUT2D eigenvalue weighted by molar-refractivity contribution is 6.03. The zero-order chi connectivity index (χ0) is 49.3. The molecule has 0 aliphatic rings. The number of aryl methyl sites for hydroxylation is 1. The number of hydrogen-bond acceptors (Lipinski definition) is 11. The molecule has 0 aliphatic carbocycles. The van der Waals surface area contributed by atoms with Crippen LogP contribution in [0.4, 0.5) is 5.69 Å². The van der Waals surface area contributed by atoms with Crippen LogP contribution in [0.1, 0.15) is 0 Å². The highest BCUT2D eigenvalue weighted by Crippen LogP contribution is 2.27. The average molecular weight is 947 g/mol. The van der Waals surface area contributed by atoms with E-state index in [0.29, 0.717) is 22.4 Å². The number of rotatable bonds is 6.